The van der Waals surface area contributed by atoms with E-state index in [4.69, 9.17) is 11.6 Å². The maximum Gasteiger partial charge on any atom is 0.278 e. The quantitative estimate of drug-likeness (QED) is 0.740. The number of amides is 1. The van der Waals surface area contributed by atoms with Gasteiger partial charge in [0.2, 0.25) is 0 Å². The van der Waals surface area contributed by atoms with E-state index >= 15 is 0 Å². The number of halogens is 1. The Bertz CT molecular complexity index is 568. The molecule has 0 radical (unpaired) electrons. The molecule has 0 N–H and O–H groups in total. The molecule has 0 unspecified atom stereocenters. The summed E-state index contributed by atoms with van der Waals surface area (Å²) >= 11 is 7.72. The van der Waals surface area contributed by atoms with Crippen LogP contribution in [0.25, 0.3) is 6.08 Å². The second kappa shape index (κ2) is 4.78. The Morgan fingerprint density at radius 2 is 2.22 bits per heavy atom. The highest BCUT2D eigenvalue weighted by atomic mass is 35.5. The summed E-state index contributed by atoms with van der Waals surface area (Å²) in [5, 5.41) is 1.46. The van der Waals surface area contributed by atoms with Crippen molar-refractivity contribution in [1.29, 1.82) is 0 Å². The first-order chi connectivity index (χ1) is 8.75. The van der Waals surface area contributed by atoms with Gasteiger partial charge in [-0.25, -0.2) is 4.99 Å². The standard InChI is InChI=1S/C13H11ClN2OS/c14-10-5-2-1-4-9(10)8-11-12(17)16-6-3-7-18-13(16)15-11/h1-2,4-5,8H,3,6-7H2/b11-8-. The van der Waals surface area contributed by atoms with E-state index in [9.17, 15) is 4.79 Å². The van der Waals surface area contributed by atoms with Crippen LogP contribution in [-0.2, 0) is 4.79 Å². The Balaban J connectivity index is 1.96. The van der Waals surface area contributed by atoms with Gasteiger partial charge in [0.15, 0.2) is 5.17 Å². The fraction of sp³-hybridized carbons (Fsp3) is 0.231. The number of rotatable bonds is 1. The predicted molar refractivity (Wildman–Crippen MR) is 75.7 cm³/mol. The minimum atomic E-state index is -0.0166. The summed E-state index contributed by atoms with van der Waals surface area (Å²) in [6.07, 6.45) is 2.78. The van der Waals surface area contributed by atoms with Crippen LogP contribution < -0.4 is 0 Å². The summed E-state index contributed by atoms with van der Waals surface area (Å²) in [5.74, 6) is 1.01. The van der Waals surface area contributed by atoms with Crippen molar-refractivity contribution in [1.82, 2.24) is 4.90 Å². The molecule has 92 valence electrons. The zero-order chi connectivity index (χ0) is 12.5. The van der Waals surface area contributed by atoms with Gasteiger partial charge in [0, 0.05) is 17.3 Å². The number of fused-ring (bicyclic) bond motifs is 1. The fourth-order valence-corrected chi connectivity index (χ4v) is 3.10. The summed E-state index contributed by atoms with van der Waals surface area (Å²) in [6, 6.07) is 7.45. The lowest BCUT2D eigenvalue weighted by molar-refractivity contribution is -0.122. The Labute approximate surface area is 115 Å². The van der Waals surface area contributed by atoms with Crippen LogP contribution in [0.15, 0.2) is 35.0 Å². The molecular weight excluding hydrogens is 268 g/mol. The van der Waals surface area contributed by atoms with Crippen LogP contribution in [0.4, 0.5) is 0 Å². The van der Waals surface area contributed by atoms with Crippen molar-refractivity contribution < 1.29 is 4.79 Å². The van der Waals surface area contributed by atoms with Gasteiger partial charge in [-0.3, -0.25) is 9.69 Å². The number of thioether (sulfide) groups is 1. The van der Waals surface area contributed by atoms with Crippen LogP contribution in [0, 0.1) is 0 Å². The number of hydrogen-bond acceptors (Lipinski definition) is 3. The highest BCUT2D eigenvalue weighted by Gasteiger charge is 2.32. The van der Waals surface area contributed by atoms with Crippen molar-refractivity contribution >= 4 is 40.5 Å². The van der Waals surface area contributed by atoms with Gasteiger partial charge in [0.25, 0.3) is 5.91 Å². The van der Waals surface area contributed by atoms with Crippen molar-refractivity contribution in [2.24, 2.45) is 4.99 Å². The van der Waals surface area contributed by atoms with E-state index in [2.05, 4.69) is 4.99 Å². The van der Waals surface area contributed by atoms with Gasteiger partial charge in [-0.1, -0.05) is 41.6 Å². The third kappa shape index (κ3) is 2.06. The van der Waals surface area contributed by atoms with Crippen LogP contribution >= 0.6 is 23.4 Å². The number of nitrogens with zero attached hydrogens (tertiary/aromatic N) is 2. The molecule has 0 bridgehead atoms. The smallest absolute Gasteiger partial charge is 0.278 e. The van der Waals surface area contributed by atoms with Crippen LogP contribution in [0.2, 0.25) is 5.02 Å². The lowest BCUT2D eigenvalue weighted by Crippen LogP contribution is -2.34. The number of aliphatic imine (C=N–C) groups is 1. The molecule has 5 heteroatoms. The molecule has 0 aliphatic carbocycles. The van der Waals surface area contributed by atoms with Gasteiger partial charge in [0.05, 0.1) is 0 Å². The third-order valence-electron chi connectivity index (χ3n) is 2.87. The van der Waals surface area contributed by atoms with Gasteiger partial charge in [-0.15, -0.1) is 0 Å². The molecule has 18 heavy (non-hydrogen) atoms. The van der Waals surface area contributed by atoms with Gasteiger partial charge < -0.3 is 0 Å². The molecule has 2 heterocycles. The molecular formula is C13H11ClN2OS. The van der Waals surface area contributed by atoms with E-state index in [1.54, 1.807) is 22.7 Å². The maximum absolute atomic E-state index is 12.1. The van der Waals surface area contributed by atoms with Crippen molar-refractivity contribution in [3.8, 4) is 0 Å². The largest absolute Gasteiger partial charge is 0.286 e. The second-order valence-corrected chi connectivity index (χ2v) is 5.57. The van der Waals surface area contributed by atoms with E-state index in [1.165, 1.54) is 0 Å². The molecule has 3 rings (SSSR count). The zero-order valence-electron chi connectivity index (χ0n) is 9.60. The molecule has 2 aliphatic heterocycles. The molecule has 1 saturated heterocycles. The minimum absolute atomic E-state index is 0.0166. The first kappa shape index (κ1) is 11.8. The summed E-state index contributed by atoms with van der Waals surface area (Å²) < 4.78 is 0. The first-order valence-electron chi connectivity index (χ1n) is 5.75. The lowest BCUT2D eigenvalue weighted by atomic mass is 10.2. The highest BCUT2D eigenvalue weighted by Crippen LogP contribution is 2.28. The molecule has 0 aromatic heterocycles. The van der Waals surface area contributed by atoms with E-state index in [0.29, 0.717) is 10.7 Å². The Hall–Kier alpha value is -1.26. The number of amidine groups is 1. The monoisotopic (exact) mass is 278 g/mol. The van der Waals surface area contributed by atoms with Gasteiger partial charge in [-0.05, 0) is 24.1 Å². The van der Waals surface area contributed by atoms with Crippen LogP contribution in [0.3, 0.4) is 0 Å². The summed E-state index contributed by atoms with van der Waals surface area (Å²) in [5.41, 5.74) is 1.31. The zero-order valence-corrected chi connectivity index (χ0v) is 11.2. The predicted octanol–water partition coefficient (Wildman–Crippen LogP) is 3.02. The Kier molecular flexibility index (Phi) is 3.14. The minimum Gasteiger partial charge on any atom is -0.286 e. The fourth-order valence-electron chi connectivity index (χ4n) is 1.96. The van der Waals surface area contributed by atoms with Crippen LogP contribution in [0.5, 0.6) is 0 Å². The second-order valence-electron chi connectivity index (χ2n) is 4.10. The van der Waals surface area contributed by atoms with Crippen molar-refractivity contribution in [2.45, 2.75) is 6.42 Å². The summed E-state index contributed by atoms with van der Waals surface area (Å²) in [4.78, 5) is 18.3. The molecule has 2 aliphatic rings. The maximum atomic E-state index is 12.1. The van der Waals surface area contributed by atoms with Crippen molar-refractivity contribution in [3.05, 3.63) is 40.5 Å². The van der Waals surface area contributed by atoms with E-state index in [-0.39, 0.29) is 5.91 Å². The Morgan fingerprint density at radius 3 is 3.00 bits per heavy atom. The Morgan fingerprint density at radius 1 is 1.39 bits per heavy atom. The number of benzene rings is 1. The molecule has 0 saturated carbocycles. The van der Waals surface area contributed by atoms with E-state index in [0.717, 1.165) is 29.4 Å². The van der Waals surface area contributed by atoms with Crippen LogP contribution in [0.1, 0.15) is 12.0 Å². The topological polar surface area (TPSA) is 32.7 Å². The molecule has 1 aromatic carbocycles. The van der Waals surface area contributed by atoms with Crippen LogP contribution in [-0.4, -0.2) is 28.3 Å². The van der Waals surface area contributed by atoms with E-state index in [1.807, 2.05) is 24.3 Å². The first-order valence-corrected chi connectivity index (χ1v) is 7.11. The molecule has 1 aromatic rings. The SMILES string of the molecule is O=C1/C(=C/c2ccccc2Cl)N=C2SCCCN12. The number of carbonyl (C=O) groups excluding carboxylic acids is 1. The summed E-state index contributed by atoms with van der Waals surface area (Å²) in [6.45, 7) is 0.768. The highest BCUT2D eigenvalue weighted by molar-refractivity contribution is 8.13. The van der Waals surface area contributed by atoms with E-state index < -0.39 is 0 Å². The average Bonchev–Trinajstić information content (AvgIpc) is 2.70. The third-order valence-corrected chi connectivity index (χ3v) is 4.27. The van der Waals surface area contributed by atoms with Crippen molar-refractivity contribution in [2.75, 3.05) is 12.3 Å². The number of hydrogen-bond donors (Lipinski definition) is 0. The molecule has 1 fully saturated rings. The van der Waals surface area contributed by atoms with Gasteiger partial charge in [0.1, 0.15) is 5.70 Å². The molecule has 1 amide bonds. The lowest BCUT2D eigenvalue weighted by Gasteiger charge is -2.21. The average molecular weight is 279 g/mol. The molecule has 0 spiro atoms. The molecule has 0 atom stereocenters. The van der Waals surface area contributed by atoms with Gasteiger partial charge in [-0.2, -0.15) is 0 Å². The molecule has 3 nitrogen and oxygen atoms in total. The normalized spacial score (nSPS) is 21.2. The number of carbonyl (C=O) groups is 1. The summed E-state index contributed by atoms with van der Waals surface area (Å²) in [7, 11) is 0. The van der Waals surface area contributed by atoms with Gasteiger partial charge >= 0.3 is 0 Å². The van der Waals surface area contributed by atoms with Crippen molar-refractivity contribution in [3.63, 3.8) is 0 Å².